The average molecular weight is 627 g/mol. The number of pyridine rings is 2. The number of para-hydroxylation sites is 1. The van der Waals surface area contributed by atoms with Gasteiger partial charge in [-0.2, -0.15) is 0 Å². The summed E-state index contributed by atoms with van der Waals surface area (Å²) in [5.74, 6) is 0.879. The van der Waals surface area contributed by atoms with E-state index in [1.807, 2.05) is 6.20 Å². The lowest BCUT2D eigenvalue weighted by Crippen LogP contribution is -2.11. The molecule has 1 aliphatic heterocycles. The highest BCUT2D eigenvalue weighted by molar-refractivity contribution is 6.21. The molecule has 0 atom stereocenters. The fourth-order valence-electron chi connectivity index (χ4n) is 7.70. The van der Waals surface area contributed by atoms with Crippen molar-refractivity contribution in [3.05, 3.63) is 169 Å². The van der Waals surface area contributed by atoms with Crippen molar-refractivity contribution in [3.63, 3.8) is 0 Å². The highest BCUT2D eigenvalue weighted by Crippen LogP contribution is 2.44. The Bertz CT molecular complexity index is 2730. The fourth-order valence-corrected chi connectivity index (χ4v) is 7.70. The number of nitrogens with zero attached hydrogens (tertiary/aromatic N) is 3. The molecule has 230 valence electrons. The second-order valence-electron chi connectivity index (χ2n) is 12.6. The molecular weight excluding hydrogens is 597 g/mol. The van der Waals surface area contributed by atoms with Gasteiger partial charge in [0, 0.05) is 23.1 Å². The van der Waals surface area contributed by atoms with Gasteiger partial charge in [0.1, 0.15) is 5.82 Å². The summed E-state index contributed by atoms with van der Waals surface area (Å²) in [6.07, 6.45) is 4.16. The van der Waals surface area contributed by atoms with E-state index in [1.165, 1.54) is 54.4 Å². The molecule has 0 saturated carbocycles. The Morgan fingerprint density at radius 1 is 0.490 bits per heavy atom. The highest BCUT2D eigenvalue weighted by Gasteiger charge is 2.20. The summed E-state index contributed by atoms with van der Waals surface area (Å²) in [6, 6.07) is 54.0. The highest BCUT2D eigenvalue weighted by atomic mass is 15.1. The van der Waals surface area contributed by atoms with Gasteiger partial charge in [-0.25, -0.2) is 9.97 Å². The minimum Gasteiger partial charge on any atom is -0.387 e. The van der Waals surface area contributed by atoms with Crippen molar-refractivity contribution in [2.75, 3.05) is 0 Å². The van der Waals surface area contributed by atoms with Gasteiger partial charge in [-0.15, -0.1) is 0 Å². The Morgan fingerprint density at radius 3 is 1.88 bits per heavy atom. The molecule has 6 aromatic carbocycles. The lowest BCUT2D eigenvalue weighted by molar-refractivity contribution is 0.852. The van der Waals surface area contributed by atoms with E-state index in [4.69, 9.17) is 9.97 Å². The molecule has 0 radical (unpaired) electrons. The van der Waals surface area contributed by atoms with Crippen molar-refractivity contribution in [1.82, 2.24) is 19.9 Å². The number of fused-ring (bicyclic) bond motifs is 6. The third kappa shape index (κ3) is 4.38. The van der Waals surface area contributed by atoms with Gasteiger partial charge >= 0.3 is 0 Å². The first-order valence-corrected chi connectivity index (χ1v) is 16.7. The van der Waals surface area contributed by atoms with Crippen LogP contribution in [0.1, 0.15) is 11.3 Å². The van der Waals surface area contributed by atoms with Crippen LogP contribution in [-0.2, 0) is 6.54 Å². The summed E-state index contributed by atoms with van der Waals surface area (Å²) < 4.78 is 2.27. The van der Waals surface area contributed by atoms with Gasteiger partial charge in [0.15, 0.2) is 0 Å². The summed E-state index contributed by atoms with van der Waals surface area (Å²) in [4.78, 5) is 10.6. The molecule has 0 amide bonds. The van der Waals surface area contributed by atoms with E-state index < -0.39 is 0 Å². The summed E-state index contributed by atoms with van der Waals surface area (Å²) in [7, 11) is 0. The molecule has 0 spiro atoms. The lowest BCUT2D eigenvalue weighted by Gasteiger charge is -2.18. The first-order chi connectivity index (χ1) is 24.3. The van der Waals surface area contributed by atoms with Crippen LogP contribution in [0, 0.1) is 0 Å². The molecule has 1 N–H and O–H groups in total. The number of rotatable bonds is 4. The molecule has 4 nitrogen and oxygen atoms in total. The van der Waals surface area contributed by atoms with Crippen molar-refractivity contribution < 1.29 is 0 Å². The van der Waals surface area contributed by atoms with Crippen LogP contribution in [0.4, 0.5) is 0 Å². The number of aromatic nitrogens is 3. The molecule has 0 bridgehead atoms. The minimum atomic E-state index is 0.796. The van der Waals surface area contributed by atoms with E-state index in [1.54, 1.807) is 0 Å². The molecular formula is C45H30N4. The maximum atomic E-state index is 5.33. The fraction of sp³-hybridized carbons (Fsp3) is 0.0222. The zero-order chi connectivity index (χ0) is 32.3. The van der Waals surface area contributed by atoms with Crippen LogP contribution in [0.25, 0.3) is 88.9 Å². The Hall–Kier alpha value is -6.52. The van der Waals surface area contributed by atoms with Crippen molar-refractivity contribution >= 4 is 49.3 Å². The van der Waals surface area contributed by atoms with Gasteiger partial charge in [-0.05, 0) is 92.1 Å². The molecule has 49 heavy (non-hydrogen) atoms. The molecule has 10 rings (SSSR count). The van der Waals surface area contributed by atoms with Gasteiger partial charge in [-0.1, -0.05) is 115 Å². The number of hydrogen-bond acceptors (Lipinski definition) is 3. The lowest BCUT2D eigenvalue weighted by atomic mass is 9.86. The predicted molar refractivity (Wildman–Crippen MR) is 204 cm³/mol. The summed E-state index contributed by atoms with van der Waals surface area (Å²) in [5, 5.41) is 11.9. The maximum absolute atomic E-state index is 5.33. The molecule has 4 heterocycles. The van der Waals surface area contributed by atoms with E-state index in [9.17, 15) is 0 Å². The molecule has 0 unspecified atom stereocenters. The van der Waals surface area contributed by atoms with Crippen LogP contribution in [0.5, 0.6) is 0 Å². The zero-order valence-corrected chi connectivity index (χ0v) is 26.6. The first-order valence-electron chi connectivity index (χ1n) is 16.7. The second-order valence-corrected chi connectivity index (χ2v) is 12.6. The maximum Gasteiger partial charge on any atom is 0.138 e. The van der Waals surface area contributed by atoms with Crippen LogP contribution in [0.2, 0.25) is 0 Å². The van der Waals surface area contributed by atoms with Crippen molar-refractivity contribution in [1.29, 1.82) is 0 Å². The molecule has 0 fully saturated rings. The Kier molecular flexibility index (Phi) is 6.21. The van der Waals surface area contributed by atoms with Crippen LogP contribution in [0.15, 0.2) is 158 Å². The molecule has 3 aromatic heterocycles. The quantitative estimate of drug-likeness (QED) is 0.198. The van der Waals surface area contributed by atoms with Crippen LogP contribution in [-0.4, -0.2) is 14.5 Å². The first kappa shape index (κ1) is 27.6. The van der Waals surface area contributed by atoms with E-state index in [0.717, 1.165) is 46.2 Å². The smallest absolute Gasteiger partial charge is 0.138 e. The molecule has 0 aliphatic carbocycles. The SMILES string of the molecule is C1=Cc2c(c3ccccc3n2-c2cccc(-c3cccc(-c4c5ccccc5c(-c5ccc6ccccc6c5)c5ccccc45)n3)n2)CN1. The van der Waals surface area contributed by atoms with E-state index in [-0.39, 0.29) is 0 Å². The number of benzene rings is 6. The summed E-state index contributed by atoms with van der Waals surface area (Å²) in [5.41, 5.74) is 9.81. The monoisotopic (exact) mass is 626 g/mol. The van der Waals surface area contributed by atoms with Gasteiger partial charge in [-0.3, -0.25) is 4.57 Å². The largest absolute Gasteiger partial charge is 0.387 e. The third-order valence-corrected chi connectivity index (χ3v) is 9.86. The van der Waals surface area contributed by atoms with Gasteiger partial charge in [0.2, 0.25) is 0 Å². The summed E-state index contributed by atoms with van der Waals surface area (Å²) >= 11 is 0. The standard InChI is InChI=1S/C45H30N4/c1-2-12-30-27-31(24-23-29(30)11-1)44-33-14-3-5-16-35(33)45(36-17-6-4-15-34(36)44)40-20-9-18-38(47-40)39-19-10-22-43(48-39)49-41-21-8-7-13-32(41)37-28-46-26-25-42(37)49/h1-27,46H,28H2. The minimum absolute atomic E-state index is 0.796. The third-order valence-electron chi connectivity index (χ3n) is 9.86. The van der Waals surface area contributed by atoms with Gasteiger partial charge < -0.3 is 5.32 Å². The Labute approximate surface area is 283 Å². The molecule has 4 heteroatoms. The normalized spacial score (nSPS) is 12.5. The van der Waals surface area contributed by atoms with E-state index >= 15 is 0 Å². The zero-order valence-electron chi connectivity index (χ0n) is 26.6. The van der Waals surface area contributed by atoms with E-state index in [0.29, 0.717) is 0 Å². The van der Waals surface area contributed by atoms with Crippen LogP contribution < -0.4 is 5.32 Å². The Morgan fingerprint density at radius 2 is 1.10 bits per heavy atom. The van der Waals surface area contributed by atoms with Crippen molar-refractivity contribution in [2.24, 2.45) is 0 Å². The average Bonchev–Trinajstić information content (AvgIpc) is 3.51. The second kappa shape index (κ2) is 11.0. The van der Waals surface area contributed by atoms with Crippen LogP contribution >= 0.6 is 0 Å². The van der Waals surface area contributed by atoms with E-state index in [2.05, 4.69) is 168 Å². The van der Waals surface area contributed by atoms with Gasteiger partial charge in [0.05, 0.1) is 28.3 Å². The Balaban J connectivity index is 1.16. The number of nitrogens with one attached hydrogen (secondary N) is 1. The predicted octanol–water partition coefficient (Wildman–Crippen LogP) is 11.0. The van der Waals surface area contributed by atoms with Crippen LogP contribution in [0.3, 0.4) is 0 Å². The summed E-state index contributed by atoms with van der Waals surface area (Å²) in [6.45, 7) is 0.796. The number of hydrogen-bond donors (Lipinski definition) is 1. The van der Waals surface area contributed by atoms with Crippen molar-refractivity contribution in [2.45, 2.75) is 6.54 Å². The van der Waals surface area contributed by atoms with Crippen molar-refractivity contribution in [3.8, 4) is 39.6 Å². The van der Waals surface area contributed by atoms with Gasteiger partial charge in [0.25, 0.3) is 0 Å². The molecule has 0 saturated heterocycles. The topological polar surface area (TPSA) is 42.7 Å². The molecule has 9 aromatic rings. The molecule has 1 aliphatic rings.